The standard InChI is InChI=1S/C27H30N4O4/c1-18-26(34)25(27(35)28-17-24(32)33)30-23(29-18)16-20-10-12-31(13-11-20)22-9-5-8-21(15-22)14-19-6-3-2-4-7-19/h2-9,15,20,34H,10-14,16-17H2,1H3,(H,28,35)(H,32,33). The molecule has 1 aliphatic heterocycles. The van der Waals surface area contributed by atoms with Crippen molar-refractivity contribution in [1.29, 1.82) is 0 Å². The maximum Gasteiger partial charge on any atom is 0.322 e. The number of carbonyl (C=O) groups excluding carboxylic acids is 1. The van der Waals surface area contributed by atoms with E-state index in [1.807, 2.05) is 6.07 Å². The van der Waals surface area contributed by atoms with Crippen LogP contribution in [0.5, 0.6) is 5.75 Å². The molecule has 4 rings (SSSR count). The van der Waals surface area contributed by atoms with E-state index in [-0.39, 0.29) is 11.4 Å². The number of carbonyl (C=O) groups is 2. The number of anilines is 1. The molecule has 35 heavy (non-hydrogen) atoms. The lowest BCUT2D eigenvalue weighted by atomic mass is 9.92. The Morgan fingerprint density at radius 2 is 1.74 bits per heavy atom. The molecule has 2 heterocycles. The van der Waals surface area contributed by atoms with Crippen LogP contribution in [-0.4, -0.2) is 51.7 Å². The number of nitrogens with zero attached hydrogens (tertiary/aromatic N) is 3. The lowest BCUT2D eigenvalue weighted by Crippen LogP contribution is -2.34. The summed E-state index contributed by atoms with van der Waals surface area (Å²) in [6.07, 6.45) is 3.44. The van der Waals surface area contributed by atoms with Gasteiger partial charge in [-0.2, -0.15) is 0 Å². The Balaban J connectivity index is 1.37. The number of aromatic hydroxyl groups is 1. The van der Waals surface area contributed by atoms with E-state index < -0.39 is 18.4 Å². The van der Waals surface area contributed by atoms with E-state index >= 15 is 0 Å². The third-order valence-corrected chi connectivity index (χ3v) is 6.33. The Kier molecular flexibility index (Phi) is 7.60. The van der Waals surface area contributed by atoms with Crippen molar-refractivity contribution in [2.45, 2.75) is 32.6 Å². The smallest absolute Gasteiger partial charge is 0.322 e. The summed E-state index contributed by atoms with van der Waals surface area (Å²) in [5.74, 6) is -1.35. The number of carboxylic acid groups (broad SMARTS) is 1. The van der Waals surface area contributed by atoms with Crippen LogP contribution in [0.1, 0.15) is 46.0 Å². The molecule has 182 valence electrons. The van der Waals surface area contributed by atoms with Gasteiger partial charge in [-0.15, -0.1) is 0 Å². The third-order valence-electron chi connectivity index (χ3n) is 6.33. The largest absolute Gasteiger partial charge is 0.504 e. The monoisotopic (exact) mass is 474 g/mol. The predicted octanol–water partition coefficient (Wildman–Crippen LogP) is 3.35. The highest BCUT2D eigenvalue weighted by Crippen LogP contribution is 2.27. The number of hydrogen-bond acceptors (Lipinski definition) is 6. The molecule has 2 aromatic carbocycles. The van der Waals surface area contributed by atoms with Gasteiger partial charge in [0, 0.05) is 25.2 Å². The summed E-state index contributed by atoms with van der Waals surface area (Å²) in [6, 6.07) is 19.2. The minimum atomic E-state index is -1.17. The van der Waals surface area contributed by atoms with Crippen molar-refractivity contribution in [1.82, 2.24) is 15.3 Å². The summed E-state index contributed by atoms with van der Waals surface area (Å²) in [4.78, 5) is 34.0. The summed E-state index contributed by atoms with van der Waals surface area (Å²) in [6.45, 7) is 2.91. The molecule has 1 amide bonds. The molecule has 0 bridgehead atoms. The zero-order valence-corrected chi connectivity index (χ0v) is 19.8. The van der Waals surface area contributed by atoms with Crippen LogP contribution in [0, 0.1) is 12.8 Å². The number of benzene rings is 2. The fourth-order valence-electron chi connectivity index (χ4n) is 4.46. The van der Waals surface area contributed by atoms with Crippen molar-refractivity contribution in [2.24, 2.45) is 5.92 Å². The zero-order valence-electron chi connectivity index (χ0n) is 19.8. The summed E-state index contributed by atoms with van der Waals surface area (Å²) in [5, 5.41) is 21.2. The molecule has 3 N–H and O–H groups in total. The van der Waals surface area contributed by atoms with Crippen LogP contribution in [0.15, 0.2) is 54.6 Å². The second-order valence-corrected chi connectivity index (χ2v) is 8.97. The van der Waals surface area contributed by atoms with Gasteiger partial charge in [0.15, 0.2) is 11.4 Å². The number of amides is 1. The van der Waals surface area contributed by atoms with Gasteiger partial charge >= 0.3 is 5.97 Å². The highest BCUT2D eigenvalue weighted by atomic mass is 16.4. The van der Waals surface area contributed by atoms with Gasteiger partial charge in [0.05, 0.1) is 5.69 Å². The van der Waals surface area contributed by atoms with Crippen LogP contribution in [-0.2, 0) is 17.6 Å². The molecule has 3 aromatic rings. The fraction of sp³-hybridized carbons (Fsp3) is 0.333. The SMILES string of the molecule is Cc1nc(CC2CCN(c3cccc(Cc4ccccc4)c3)CC2)nc(C(=O)NCC(=O)O)c1O. The number of hydrogen-bond donors (Lipinski definition) is 3. The minimum absolute atomic E-state index is 0.179. The number of aliphatic carboxylic acids is 1. The van der Waals surface area contributed by atoms with E-state index in [1.165, 1.54) is 16.8 Å². The van der Waals surface area contributed by atoms with Crippen LogP contribution in [0.3, 0.4) is 0 Å². The van der Waals surface area contributed by atoms with Crippen molar-refractivity contribution in [3.63, 3.8) is 0 Å². The maximum absolute atomic E-state index is 12.3. The second-order valence-electron chi connectivity index (χ2n) is 8.97. The average Bonchev–Trinajstić information content (AvgIpc) is 2.86. The fourth-order valence-corrected chi connectivity index (χ4v) is 4.46. The molecule has 0 spiro atoms. The van der Waals surface area contributed by atoms with Gasteiger partial charge in [0.1, 0.15) is 12.4 Å². The second kappa shape index (κ2) is 11.0. The average molecular weight is 475 g/mol. The van der Waals surface area contributed by atoms with Gasteiger partial charge < -0.3 is 20.4 Å². The van der Waals surface area contributed by atoms with Crippen molar-refractivity contribution in [3.05, 3.63) is 82.9 Å². The van der Waals surface area contributed by atoms with Gasteiger partial charge in [-0.25, -0.2) is 9.97 Å². The Morgan fingerprint density at radius 3 is 2.46 bits per heavy atom. The van der Waals surface area contributed by atoms with Gasteiger partial charge in [-0.05, 0) is 55.4 Å². The first-order valence-electron chi connectivity index (χ1n) is 11.8. The van der Waals surface area contributed by atoms with Crippen LogP contribution in [0.2, 0.25) is 0 Å². The molecule has 1 aromatic heterocycles. The van der Waals surface area contributed by atoms with E-state index in [0.29, 0.717) is 23.9 Å². The summed E-state index contributed by atoms with van der Waals surface area (Å²) < 4.78 is 0. The van der Waals surface area contributed by atoms with Gasteiger partial charge in [-0.1, -0.05) is 42.5 Å². The van der Waals surface area contributed by atoms with E-state index in [4.69, 9.17) is 5.11 Å². The lowest BCUT2D eigenvalue weighted by molar-refractivity contribution is -0.135. The molecule has 0 unspecified atom stereocenters. The highest BCUT2D eigenvalue weighted by molar-refractivity contribution is 5.96. The molecular formula is C27H30N4O4. The third kappa shape index (κ3) is 6.35. The lowest BCUT2D eigenvalue weighted by Gasteiger charge is -2.33. The number of piperidine rings is 1. The van der Waals surface area contributed by atoms with Crippen LogP contribution >= 0.6 is 0 Å². The molecule has 8 nitrogen and oxygen atoms in total. The van der Waals surface area contributed by atoms with E-state index in [0.717, 1.165) is 32.4 Å². The Labute approximate surface area is 204 Å². The minimum Gasteiger partial charge on any atom is -0.504 e. The van der Waals surface area contributed by atoms with Gasteiger partial charge in [0.2, 0.25) is 0 Å². The van der Waals surface area contributed by atoms with Crippen LogP contribution in [0.25, 0.3) is 0 Å². The summed E-state index contributed by atoms with van der Waals surface area (Å²) in [7, 11) is 0. The number of nitrogens with one attached hydrogen (secondary N) is 1. The van der Waals surface area contributed by atoms with Crippen LogP contribution < -0.4 is 10.2 Å². The molecule has 0 radical (unpaired) electrons. The first-order chi connectivity index (χ1) is 16.9. The molecular weight excluding hydrogens is 444 g/mol. The van der Waals surface area contributed by atoms with Crippen molar-refractivity contribution in [2.75, 3.05) is 24.5 Å². The molecule has 1 fully saturated rings. The normalized spacial score (nSPS) is 14.0. The number of rotatable bonds is 8. The Hall–Kier alpha value is -3.94. The molecule has 0 atom stereocenters. The molecule has 1 saturated heterocycles. The van der Waals surface area contributed by atoms with E-state index in [2.05, 4.69) is 68.7 Å². The van der Waals surface area contributed by atoms with Crippen molar-refractivity contribution >= 4 is 17.6 Å². The van der Waals surface area contributed by atoms with Gasteiger partial charge in [-0.3, -0.25) is 9.59 Å². The quantitative estimate of drug-likeness (QED) is 0.458. The number of aromatic nitrogens is 2. The van der Waals surface area contributed by atoms with Crippen molar-refractivity contribution < 1.29 is 19.8 Å². The summed E-state index contributed by atoms with van der Waals surface area (Å²) >= 11 is 0. The van der Waals surface area contributed by atoms with Crippen LogP contribution in [0.4, 0.5) is 5.69 Å². The van der Waals surface area contributed by atoms with E-state index in [9.17, 15) is 14.7 Å². The topological polar surface area (TPSA) is 116 Å². The first-order valence-corrected chi connectivity index (χ1v) is 11.8. The predicted molar refractivity (Wildman–Crippen MR) is 133 cm³/mol. The molecule has 1 aliphatic rings. The maximum atomic E-state index is 12.3. The highest BCUT2D eigenvalue weighted by Gasteiger charge is 2.23. The summed E-state index contributed by atoms with van der Waals surface area (Å²) in [5.41, 5.74) is 3.94. The van der Waals surface area contributed by atoms with Crippen molar-refractivity contribution in [3.8, 4) is 5.75 Å². The first kappa shape index (κ1) is 24.2. The van der Waals surface area contributed by atoms with Gasteiger partial charge in [0.25, 0.3) is 5.91 Å². The zero-order chi connectivity index (χ0) is 24.8. The molecule has 0 saturated carbocycles. The Morgan fingerprint density at radius 1 is 1.03 bits per heavy atom. The molecule has 8 heteroatoms. The number of carboxylic acids is 1. The number of aryl methyl sites for hydroxylation is 1. The van der Waals surface area contributed by atoms with E-state index in [1.54, 1.807) is 6.92 Å². The Bertz CT molecular complexity index is 1190. The molecule has 0 aliphatic carbocycles.